The summed E-state index contributed by atoms with van der Waals surface area (Å²) in [6.45, 7) is 5.72. The van der Waals surface area contributed by atoms with Crippen LogP contribution in [0.4, 0.5) is 5.69 Å². The molecular weight excluding hydrogens is 374 g/mol. The fourth-order valence-electron chi connectivity index (χ4n) is 3.39. The van der Waals surface area contributed by atoms with Gasteiger partial charge >= 0.3 is 0 Å². The molecule has 7 nitrogen and oxygen atoms in total. The molecule has 0 radical (unpaired) electrons. The second-order valence-corrected chi connectivity index (χ2v) is 8.38. The van der Waals surface area contributed by atoms with Gasteiger partial charge in [-0.15, -0.1) is 10.2 Å². The number of rotatable bonds is 8. The number of carbonyl (C=O) groups excluding carboxylic acids is 2. The van der Waals surface area contributed by atoms with Crippen LogP contribution in [-0.2, 0) is 29.0 Å². The summed E-state index contributed by atoms with van der Waals surface area (Å²) in [5, 5.41) is 9.20. The molecule has 150 valence electrons. The summed E-state index contributed by atoms with van der Waals surface area (Å²) in [6.07, 6.45) is 2.70. The Bertz CT molecular complexity index is 849. The van der Waals surface area contributed by atoms with E-state index >= 15 is 0 Å². The highest BCUT2D eigenvalue weighted by Gasteiger charge is 2.23. The first-order valence-corrected chi connectivity index (χ1v) is 10.7. The van der Waals surface area contributed by atoms with Gasteiger partial charge in [-0.3, -0.25) is 9.59 Å². The highest BCUT2D eigenvalue weighted by atomic mass is 32.2. The third-order valence-corrected chi connectivity index (χ3v) is 5.62. The highest BCUT2D eigenvalue weighted by molar-refractivity contribution is 7.99. The van der Waals surface area contributed by atoms with Gasteiger partial charge in [0.25, 0.3) is 0 Å². The highest BCUT2D eigenvalue weighted by Crippen LogP contribution is 2.28. The van der Waals surface area contributed by atoms with Gasteiger partial charge in [0.1, 0.15) is 5.82 Å². The van der Waals surface area contributed by atoms with Gasteiger partial charge in [-0.2, -0.15) is 0 Å². The lowest BCUT2D eigenvalue weighted by molar-refractivity contribution is -0.118. The Morgan fingerprint density at radius 1 is 1.25 bits per heavy atom. The molecule has 0 bridgehead atoms. The van der Waals surface area contributed by atoms with E-state index < -0.39 is 0 Å². The largest absolute Gasteiger partial charge is 0.370 e. The Labute approximate surface area is 169 Å². The van der Waals surface area contributed by atoms with Crippen LogP contribution >= 0.6 is 11.8 Å². The average Bonchev–Trinajstić information content (AvgIpc) is 3.05. The number of primary amides is 1. The van der Waals surface area contributed by atoms with Crippen LogP contribution in [-0.4, -0.2) is 38.9 Å². The van der Waals surface area contributed by atoms with Gasteiger partial charge in [-0.1, -0.05) is 43.8 Å². The Morgan fingerprint density at radius 3 is 2.79 bits per heavy atom. The number of amides is 2. The summed E-state index contributed by atoms with van der Waals surface area (Å²) in [6, 6.07) is 8.10. The molecule has 0 saturated heterocycles. The van der Waals surface area contributed by atoms with Crippen LogP contribution in [0.5, 0.6) is 0 Å². The van der Waals surface area contributed by atoms with Crippen LogP contribution in [0.3, 0.4) is 0 Å². The summed E-state index contributed by atoms with van der Waals surface area (Å²) in [7, 11) is 0. The predicted octanol–water partition coefficient (Wildman–Crippen LogP) is 2.42. The minimum Gasteiger partial charge on any atom is -0.370 e. The van der Waals surface area contributed by atoms with Crippen LogP contribution in [0.1, 0.15) is 38.1 Å². The molecule has 1 aliphatic rings. The van der Waals surface area contributed by atoms with Crippen molar-refractivity contribution in [1.29, 1.82) is 0 Å². The maximum Gasteiger partial charge on any atom is 0.237 e. The predicted molar refractivity (Wildman–Crippen MR) is 110 cm³/mol. The normalized spacial score (nSPS) is 13.6. The van der Waals surface area contributed by atoms with Crippen molar-refractivity contribution in [3.05, 3.63) is 35.7 Å². The smallest absolute Gasteiger partial charge is 0.237 e. The fraction of sp³-hybridized carbons (Fsp3) is 0.500. The number of aryl methyl sites for hydroxylation is 2. The molecule has 8 heteroatoms. The fourth-order valence-corrected chi connectivity index (χ4v) is 4.23. The van der Waals surface area contributed by atoms with E-state index in [-0.39, 0.29) is 18.2 Å². The van der Waals surface area contributed by atoms with E-state index in [0.717, 1.165) is 37.4 Å². The van der Waals surface area contributed by atoms with E-state index in [4.69, 9.17) is 5.73 Å². The Balaban J connectivity index is 1.70. The third-order valence-electron chi connectivity index (χ3n) is 4.67. The average molecular weight is 402 g/mol. The number of hydrogen-bond acceptors (Lipinski definition) is 5. The number of para-hydroxylation sites is 1. The van der Waals surface area contributed by atoms with Gasteiger partial charge in [0.2, 0.25) is 11.8 Å². The number of hydrogen-bond donors (Lipinski definition) is 1. The summed E-state index contributed by atoms with van der Waals surface area (Å²) in [5.74, 6) is 1.17. The van der Waals surface area contributed by atoms with Gasteiger partial charge in [0, 0.05) is 31.6 Å². The number of fused-ring (bicyclic) bond motifs is 1. The van der Waals surface area contributed by atoms with Crippen LogP contribution in [0.25, 0.3) is 0 Å². The zero-order valence-corrected chi connectivity index (χ0v) is 17.2. The van der Waals surface area contributed by atoms with Crippen molar-refractivity contribution >= 4 is 29.3 Å². The molecule has 2 N–H and O–H groups in total. The van der Waals surface area contributed by atoms with Gasteiger partial charge in [0.15, 0.2) is 5.16 Å². The second-order valence-electron chi connectivity index (χ2n) is 7.44. The van der Waals surface area contributed by atoms with Gasteiger partial charge in [0.05, 0.1) is 5.75 Å². The zero-order valence-electron chi connectivity index (χ0n) is 16.4. The standard InChI is InChI=1S/C20H27N5O2S/c1-14(2)12-25-18(10-9-17(21)26)22-23-20(25)28-13-19(27)24-11-5-7-15-6-3-4-8-16(15)24/h3-4,6,8,14H,5,7,9-13H2,1-2H3,(H2,21,26). The molecule has 28 heavy (non-hydrogen) atoms. The van der Waals surface area contributed by atoms with Crippen LogP contribution in [0.15, 0.2) is 29.4 Å². The van der Waals surface area contributed by atoms with Crippen molar-refractivity contribution in [3.63, 3.8) is 0 Å². The summed E-state index contributed by atoms with van der Waals surface area (Å²) < 4.78 is 2.01. The van der Waals surface area contributed by atoms with Gasteiger partial charge in [-0.25, -0.2) is 0 Å². The molecule has 0 saturated carbocycles. The van der Waals surface area contributed by atoms with Crippen molar-refractivity contribution in [3.8, 4) is 0 Å². The van der Waals surface area contributed by atoms with E-state index in [0.29, 0.717) is 23.2 Å². The van der Waals surface area contributed by atoms with E-state index in [1.165, 1.54) is 17.3 Å². The molecule has 1 aromatic carbocycles. The van der Waals surface area contributed by atoms with E-state index in [2.05, 4.69) is 30.1 Å². The lowest BCUT2D eigenvalue weighted by atomic mass is 10.0. The number of aromatic nitrogens is 3. The first-order valence-electron chi connectivity index (χ1n) is 9.67. The third kappa shape index (κ3) is 4.92. The molecule has 0 atom stereocenters. The molecule has 2 aromatic rings. The molecule has 2 amide bonds. The van der Waals surface area contributed by atoms with E-state index in [1.807, 2.05) is 27.7 Å². The summed E-state index contributed by atoms with van der Waals surface area (Å²) >= 11 is 1.40. The summed E-state index contributed by atoms with van der Waals surface area (Å²) in [4.78, 5) is 25.9. The maximum atomic E-state index is 12.9. The molecule has 1 aliphatic heterocycles. The number of anilines is 1. The van der Waals surface area contributed by atoms with Crippen molar-refractivity contribution in [2.45, 2.75) is 51.2 Å². The molecule has 0 fully saturated rings. The molecule has 0 aliphatic carbocycles. The molecule has 2 heterocycles. The van der Waals surface area contributed by atoms with Crippen molar-refractivity contribution in [2.24, 2.45) is 11.7 Å². The SMILES string of the molecule is CC(C)Cn1c(CCC(N)=O)nnc1SCC(=O)N1CCCc2ccccc21. The monoisotopic (exact) mass is 401 g/mol. The Hall–Kier alpha value is -2.35. The van der Waals surface area contributed by atoms with Crippen LogP contribution in [0, 0.1) is 5.92 Å². The van der Waals surface area contributed by atoms with Crippen LogP contribution < -0.4 is 10.6 Å². The molecular formula is C20H27N5O2S. The van der Waals surface area contributed by atoms with Gasteiger partial charge in [-0.05, 0) is 30.4 Å². The van der Waals surface area contributed by atoms with Crippen molar-refractivity contribution < 1.29 is 9.59 Å². The first-order chi connectivity index (χ1) is 13.5. The first kappa shape index (κ1) is 20.4. The number of nitrogens with zero attached hydrogens (tertiary/aromatic N) is 4. The topological polar surface area (TPSA) is 94.1 Å². The van der Waals surface area contributed by atoms with Crippen molar-refractivity contribution in [2.75, 3.05) is 17.2 Å². The molecule has 3 rings (SSSR count). The molecule has 1 aromatic heterocycles. The molecule has 0 spiro atoms. The van der Waals surface area contributed by atoms with Crippen LogP contribution in [0.2, 0.25) is 0 Å². The summed E-state index contributed by atoms with van der Waals surface area (Å²) in [5.41, 5.74) is 7.51. The lowest BCUT2D eigenvalue weighted by Gasteiger charge is -2.29. The van der Waals surface area contributed by atoms with Crippen molar-refractivity contribution in [1.82, 2.24) is 14.8 Å². The maximum absolute atomic E-state index is 12.9. The zero-order chi connectivity index (χ0) is 20.1. The Morgan fingerprint density at radius 2 is 2.04 bits per heavy atom. The molecule has 0 unspecified atom stereocenters. The Kier molecular flexibility index (Phi) is 6.72. The number of nitrogens with two attached hydrogens (primary N) is 1. The van der Waals surface area contributed by atoms with E-state index in [1.54, 1.807) is 0 Å². The quantitative estimate of drug-likeness (QED) is 0.686. The number of thioether (sulfide) groups is 1. The van der Waals surface area contributed by atoms with E-state index in [9.17, 15) is 9.59 Å². The lowest BCUT2D eigenvalue weighted by Crippen LogP contribution is -2.36. The van der Waals surface area contributed by atoms with Gasteiger partial charge < -0.3 is 15.2 Å². The minimum absolute atomic E-state index is 0.0786. The minimum atomic E-state index is -0.354. The second kappa shape index (κ2) is 9.23. The number of carbonyl (C=O) groups is 2. The number of benzene rings is 1.